The first kappa shape index (κ1) is 17.1. The minimum absolute atomic E-state index is 0.226. The third-order valence-corrected chi connectivity index (χ3v) is 3.69. The van der Waals surface area contributed by atoms with Crippen molar-refractivity contribution in [3.63, 3.8) is 0 Å². The Morgan fingerprint density at radius 1 is 1.20 bits per heavy atom. The van der Waals surface area contributed by atoms with Crippen molar-refractivity contribution >= 4 is 34.8 Å². The molecule has 128 valence electrons. The van der Waals surface area contributed by atoms with Gasteiger partial charge in [-0.2, -0.15) is 0 Å². The summed E-state index contributed by atoms with van der Waals surface area (Å²) < 4.78 is 11.0. The Morgan fingerprint density at radius 2 is 1.84 bits per heavy atom. The van der Waals surface area contributed by atoms with Gasteiger partial charge in [-0.3, -0.25) is 9.52 Å². The van der Waals surface area contributed by atoms with Crippen molar-refractivity contribution in [1.29, 1.82) is 0 Å². The van der Waals surface area contributed by atoms with Crippen LogP contribution in [0.15, 0.2) is 56.8 Å². The predicted octanol–water partition coefficient (Wildman–Crippen LogP) is 2.00. The lowest BCUT2D eigenvalue weighted by atomic mass is 10.3. The van der Waals surface area contributed by atoms with Gasteiger partial charge in [-0.15, -0.1) is 0 Å². The molecule has 0 amide bonds. The molecule has 0 bridgehead atoms. The van der Waals surface area contributed by atoms with Crippen LogP contribution in [0.25, 0.3) is 5.69 Å². The molecule has 0 saturated heterocycles. The molecule has 0 aliphatic rings. The summed E-state index contributed by atoms with van der Waals surface area (Å²) in [6, 6.07) is 11.1. The Kier molecular flexibility index (Phi) is 4.78. The molecule has 0 fully saturated rings. The van der Waals surface area contributed by atoms with Gasteiger partial charge in [0.1, 0.15) is 5.75 Å². The van der Waals surface area contributed by atoms with Crippen LogP contribution in [0.5, 0.6) is 5.75 Å². The SMILES string of the molecule is COc1ccc(-[n+]2[nH]oc(=O)c2C([O-])=Nc2cc(Cl)cc(Cl)c2)cc1. The quantitative estimate of drug-likeness (QED) is 0.426. The first-order chi connectivity index (χ1) is 12.0. The highest BCUT2D eigenvalue weighted by molar-refractivity contribution is 6.35. The van der Waals surface area contributed by atoms with Crippen LogP contribution in [0.2, 0.25) is 10.0 Å². The van der Waals surface area contributed by atoms with Gasteiger partial charge in [0.15, 0.2) is 0 Å². The molecular weight excluding hydrogens is 369 g/mol. The number of nitrogens with zero attached hydrogens (tertiary/aromatic N) is 2. The van der Waals surface area contributed by atoms with Crippen LogP contribution in [0.4, 0.5) is 5.69 Å². The average molecular weight is 380 g/mol. The third kappa shape index (κ3) is 3.67. The van der Waals surface area contributed by atoms with Crippen molar-refractivity contribution in [2.75, 3.05) is 7.11 Å². The van der Waals surface area contributed by atoms with Crippen LogP contribution in [-0.4, -0.2) is 18.3 Å². The number of halogens is 2. The normalized spacial score (nSPS) is 11.6. The molecule has 0 atom stereocenters. The van der Waals surface area contributed by atoms with Crippen LogP contribution >= 0.6 is 23.2 Å². The summed E-state index contributed by atoms with van der Waals surface area (Å²) in [6.07, 6.45) is 0. The van der Waals surface area contributed by atoms with E-state index in [1.54, 1.807) is 24.3 Å². The van der Waals surface area contributed by atoms with Crippen LogP contribution < -0.4 is 20.2 Å². The van der Waals surface area contributed by atoms with Crippen molar-refractivity contribution in [3.05, 3.63) is 68.6 Å². The van der Waals surface area contributed by atoms with E-state index < -0.39 is 11.5 Å². The summed E-state index contributed by atoms with van der Waals surface area (Å²) in [5.74, 6) is -0.175. The minimum atomic E-state index is -0.849. The molecule has 2 aromatic carbocycles. The van der Waals surface area contributed by atoms with Gasteiger partial charge in [0.2, 0.25) is 5.69 Å². The summed E-state index contributed by atoms with van der Waals surface area (Å²) in [6.45, 7) is 0. The molecule has 0 unspecified atom stereocenters. The Hall–Kier alpha value is -2.77. The van der Waals surface area contributed by atoms with Gasteiger partial charge in [-0.1, -0.05) is 23.2 Å². The minimum Gasteiger partial charge on any atom is -0.854 e. The first-order valence-electron chi connectivity index (χ1n) is 6.98. The average Bonchev–Trinajstić information content (AvgIpc) is 2.95. The van der Waals surface area contributed by atoms with Crippen molar-refractivity contribution in [2.24, 2.45) is 4.99 Å². The number of benzene rings is 2. The lowest BCUT2D eigenvalue weighted by Crippen LogP contribution is -2.44. The fourth-order valence-electron chi connectivity index (χ4n) is 2.14. The number of ether oxygens (including phenoxy) is 1. The molecule has 0 saturated carbocycles. The van der Waals surface area contributed by atoms with E-state index in [0.717, 1.165) is 0 Å². The molecule has 1 heterocycles. The number of rotatable bonds is 4. The number of methoxy groups -OCH3 is 1. The fraction of sp³-hybridized carbons (Fsp3) is 0.0625. The van der Waals surface area contributed by atoms with Crippen LogP contribution in [0, 0.1) is 0 Å². The molecule has 25 heavy (non-hydrogen) atoms. The highest BCUT2D eigenvalue weighted by Gasteiger charge is 2.24. The number of H-pyrrole nitrogens is 1. The van der Waals surface area contributed by atoms with Gasteiger partial charge in [0.25, 0.3) is 0 Å². The van der Waals surface area contributed by atoms with Crippen LogP contribution in [0.1, 0.15) is 5.69 Å². The number of aromatic nitrogens is 2. The standard InChI is InChI=1S/C16H11Cl2N3O4/c1-24-13-4-2-12(3-5-13)21-14(16(23)25-20-21)15(22)19-11-7-9(17)6-10(18)8-11/h2-8H,1H3,(H-,19,20,22,23). The maximum Gasteiger partial charge on any atom is 0.436 e. The zero-order chi connectivity index (χ0) is 18.0. The molecular formula is C16H11Cl2N3O4. The van der Waals surface area contributed by atoms with Gasteiger partial charge in [-0.05, 0) is 40.3 Å². The number of aliphatic imine (C=N–C) groups is 1. The molecule has 9 heteroatoms. The topological polar surface area (TPSA) is 94.5 Å². The number of hydrogen-bond acceptors (Lipinski definition) is 5. The van der Waals surface area contributed by atoms with E-state index in [4.69, 9.17) is 32.5 Å². The molecule has 0 aliphatic heterocycles. The van der Waals surface area contributed by atoms with E-state index in [9.17, 15) is 9.90 Å². The molecule has 1 aromatic heterocycles. The zero-order valence-corrected chi connectivity index (χ0v) is 14.3. The van der Waals surface area contributed by atoms with E-state index in [1.807, 2.05) is 0 Å². The van der Waals surface area contributed by atoms with Gasteiger partial charge in [0, 0.05) is 22.2 Å². The highest BCUT2D eigenvalue weighted by atomic mass is 35.5. The predicted molar refractivity (Wildman–Crippen MR) is 90.1 cm³/mol. The summed E-state index contributed by atoms with van der Waals surface area (Å²) in [5.41, 5.74) is -0.419. The summed E-state index contributed by atoms with van der Waals surface area (Å²) in [7, 11) is 1.53. The zero-order valence-electron chi connectivity index (χ0n) is 12.8. The van der Waals surface area contributed by atoms with E-state index >= 15 is 0 Å². The maximum atomic E-state index is 12.5. The second kappa shape index (κ2) is 7.00. The lowest BCUT2D eigenvalue weighted by molar-refractivity contribution is -0.673. The van der Waals surface area contributed by atoms with Crippen molar-refractivity contribution in [2.45, 2.75) is 0 Å². The fourth-order valence-corrected chi connectivity index (χ4v) is 2.66. The molecule has 0 radical (unpaired) electrons. The van der Waals surface area contributed by atoms with E-state index in [0.29, 0.717) is 21.5 Å². The van der Waals surface area contributed by atoms with E-state index in [-0.39, 0.29) is 11.4 Å². The van der Waals surface area contributed by atoms with Gasteiger partial charge >= 0.3 is 11.3 Å². The lowest BCUT2D eigenvalue weighted by Gasteiger charge is -2.05. The van der Waals surface area contributed by atoms with E-state index in [1.165, 1.54) is 30.0 Å². The summed E-state index contributed by atoms with van der Waals surface area (Å²) in [4.78, 5) is 15.8. The smallest absolute Gasteiger partial charge is 0.436 e. The molecule has 3 aromatic rings. The number of aromatic amines is 1. The maximum absolute atomic E-state index is 12.5. The van der Waals surface area contributed by atoms with Gasteiger partial charge < -0.3 is 9.84 Å². The Labute approximate surface area is 151 Å². The Bertz CT molecular complexity index is 973. The van der Waals surface area contributed by atoms with Gasteiger partial charge in [-0.25, -0.2) is 4.79 Å². The van der Waals surface area contributed by atoms with Gasteiger partial charge in [0.05, 0.1) is 18.7 Å². The molecule has 3 rings (SSSR count). The number of hydrogen-bond donors (Lipinski definition) is 1. The van der Waals surface area contributed by atoms with Crippen LogP contribution in [0.3, 0.4) is 0 Å². The van der Waals surface area contributed by atoms with Crippen molar-refractivity contribution in [1.82, 2.24) is 5.27 Å². The largest absolute Gasteiger partial charge is 0.854 e. The monoisotopic (exact) mass is 379 g/mol. The number of nitrogens with one attached hydrogen (secondary N) is 1. The second-order valence-corrected chi connectivity index (χ2v) is 5.78. The molecule has 1 N–H and O–H groups in total. The first-order valence-corrected chi connectivity index (χ1v) is 7.73. The summed E-state index contributed by atoms with van der Waals surface area (Å²) >= 11 is 11.8. The van der Waals surface area contributed by atoms with Crippen LogP contribution in [-0.2, 0) is 0 Å². The molecule has 0 aliphatic carbocycles. The second-order valence-electron chi connectivity index (χ2n) is 4.91. The molecule has 7 nitrogen and oxygen atoms in total. The van der Waals surface area contributed by atoms with Crippen molar-refractivity contribution in [3.8, 4) is 11.4 Å². The Morgan fingerprint density at radius 3 is 2.44 bits per heavy atom. The summed E-state index contributed by atoms with van der Waals surface area (Å²) in [5, 5.41) is 15.5. The third-order valence-electron chi connectivity index (χ3n) is 3.26. The highest BCUT2D eigenvalue weighted by Crippen LogP contribution is 2.24. The van der Waals surface area contributed by atoms with Crippen molar-refractivity contribution < 1.29 is 19.0 Å². The Balaban J connectivity index is 2.06. The van der Waals surface area contributed by atoms with E-state index in [2.05, 4.69) is 10.3 Å². The molecule has 0 spiro atoms.